The van der Waals surface area contributed by atoms with Crippen LogP contribution in [0.5, 0.6) is 0 Å². The summed E-state index contributed by atoms with van der Waals surface area (Å²) in [4.78, 5) is 14.3. The summed E-state index contributed by atoms with van der Waals surface area (Å²) in [6.45, 7) is 0. The second kappa shape index (κ2) is 3.18. The first kappa shape index (κ1) is 8.26. The van der Waals surface area contributed by atoms with Crippen LogP contribution in [0.4, 0.5) is 0 Å². The van der Waals surface area contributed by atoms with Crippen molar-refractivity contribution in [1.82, 2.24) is 4.98 Å². The minimum atomic E-state index is 0.0903. The average molecular weight is 196 g/mol. The van der Waals surface area contributed by atoms with Gasteiger partial charge in [0.2, 0.25) is 6.29 Å². The molecule has 2 aromatic rings. The normalized spacial score (nSPS) is 10.5. The summed E-state index contributed by atoms with van der Waals surface area (Å²) in [6.07, 6.45) is 0.581. The van der Waals surface area contributed by atoms with Crippen molar-refractivity contribution >= 4 is 29.0 Å². The molecule has 0 aliphatic carbocycles. The lowest BCUT2D eigenvalue weighted by molar-refractivity contribution is 0.109. The van der Waals surface area contributed by atoms with Gasteiger partial charge >= 0.3 is 0 Å². The number of halogens is 1. The standard InChI is InChI=1S/C9H6ClNO2/c10-4-6-2-1-3-7-9(6)13-8(5-12)11-7/h1-3,5H,4H2. The number of fused-ring (bicyclic) bond motifs is 1. The third kappa shape index (κ3) is 1.31. The van der Waals surface area contributed by atoms with E-state index in [4.69, 9.17) is 16.0 Å². The van der Waals surface area contributed by atoms with Gasteiger partial charge in [-0.3, -0.25) is 4.79 Å². The molecule has 0 spiro atoms. The zero-order valence-corrected chi connectivity index (χ0v) is 7.41. The number of carbonyl (C=O) groups excluding carboxylic acids is 1. The molecule has 0 bridgehead atoms. The van der Waals surface area contributed by atoms with Gasteiger partial charge in [0.15, 0.2) is 5.58 Å². The minimum Gasteiger partial charge on any atom is -0.434 e. The molecule has 3 nitrogen and oxygen atoms in total. The van der Waals surface area contributed by atoms with E-state index in [9.17, 15) is 4.79 Å². The smallest absolute Gasteiger partial charge is 0.260 e. The fraction of sp³-hybridized carbons (Fsp3) is 0.111. The molecule has 0 aliphatic heterocycles. The Morgan fingerprint density at radius 3 is 3.08 bits per heavy atom. The molecule has 0 unspecified atom stereocenters. The lowest BCUT2D eigenvalue weighted by atomic mass is 10.2. The Hall–Kier alpha value is -1.35. The van der Waals surface area contributed by atoms with Crippen molar-refractivity contribution in [2.75, 3.05) is 0 Å². The van der Waals surface area contributed by atoms with Crippen molar-refractivity contribution < 1.29 is 9.21 Å². The molecule has 66 valence electrons. The lowest BCUT2D eigenvalue weighted by Crippen LogP contribution is -1.77. The third-order valence-corrected chi connectivity index (χ3v) is 2.05. The maximum absolute atomic E-state index is 10.4. The van der Waals surface area contributed by atoms with E-state index in [1.54, 1.807) is 6.07 Å². The van der Waals surface area contributed by atoms with Crippen LogP contribution >= 0.6 is 11.6 Å². The maximum Gasteiger partial charge on any atom is 0.260 e. The highest BCUT2D eigenvalue weighted by Crippen LogP contribution is 2.20. The van der Waals surface area contributed by atoms with Gasteiger partial charge in [-0.2, -0.15) is 0 Å². The molecule has 0 fully saturated rings. The summed E-state index contributed by atoms with van der Waals surface area (Å²) in [5.41, 5.74) is 2.11. The van der Waals surface area contributed by atoms with E-state index < -0.39 is 0 Å². The molecule has 1 aromatic carbocycles. The maximum atomic E-state index is 10.4. The van der Waals surface area contributed by atoms with Crippen LogP contribution < -0.4 is 0 Å². The number of nitrogens with zero attached hydrogens (tertiary/aromatic N) is 1. The highest BCUT2D eigenvalue weighted by molar-refractivity contribution is 6.17. The summed E-state index contributed by atoms with van der Waals surface area (Å²) in [5, 5.41) is 0. The first-order valence-corrected chi connectivity index (χ1v) is 4.28. The third-order valence-electron chi connectivity index (χ3n) is 1.76. The molecular weight excluding hydrogens is 190 g/mol. The average Bonchev–Trinajstić information content (AvgIpc) is 2.59. The van der Waals surface area contributed by atoms with Gasteiger partial charge in [0.1, 0.15) is 5.52 Å². The highest BCUT2D eigenvalue weighted by Gasteiger charge is 2.07. The number of aromatic nitrogens is 1. The van der Waals surface area contributed by atoms with Gasteiger partial charge in [-0.1, -0.05) is 12.1 Å². The van der Waals surface area contributed by atoms with Crippen LogP contribution in [0.1, 0.15) is 16.2 Å². The Morgan fingerprint density at radius 1 is 1.54 bits per heavy atom. The summed E-state index contributed by atoms with van der Waals surface area (Å²) in [7, 11) is 0. The van der Waals surface area contributed by atoms with Gasteiger partial charge in [0.05, 0.1) is 5.88 Å². The molecule has 0 radical (unpaired) electrons. The van der Waals surface area contributed by atoms with E-state index in [-0.39, 0.29) is 5.89 Å². The van der Waals surface area contributed by atoms with Crippen molar-refractivity contribution in [3.05, 3.63) is 29.7 Å². The zero-order chi connectivity index (χ0) is 9.26. The van der Waals surface area contributed by atoms with Crippen LogP contribution in [0.25, 0.3) is 11.1 Å². The van der Waals surface area contributed by atoms with Crippen molar-refractivity contribution in [3.8, 4) is 0 Å². The number of aldehydes is 1. The van der Waals surface area contributed by atoms with Crippen molar-refractivity contribution in [3.63, 3.8) is 0 Å². The van der Waals surface area contributed by atoms with Crippen LogP contribution in [0, 0.1) is 0 Å². The van der Waals surface area contributed by atoms with Crippen molar-refractivity contribution in [2.45, 2.75) is 5.88 Å². The van der Waals surface area contributed by atoms with Crippen LogP contribution in [0.15, 0.2) is 22.6 Å². The van der Waals surface area contributed by atoms with Gasteiger partial charge in [0, 0.05) is 5.56 Å². The Balaban J connectivity index is 2.74. The topological polar surface area (TPSA) is 43.1 Å². The molecule has 1 heterocycles. The predicted octanol–water partition coefficient (Wildman–Crippen LogP) is 2.38. The highest BCUT2D eigenvalue weighted by atomic mass is 35.5. The van der Waals surface area contributed by atoms with Crippen molar-refractivity contribution in [2.24, 2.45) is 0 Å². The summed E-state index contributed by atoms with van der Waals surface area (Å²) >= 11 is 5.68. The Kier molecular flexibility index (Phi) is 2.02. The molecule has 2 rings (SSSR count). The first-order valence-electron chi connectivity index (χ1n) is 3.74. The minimum absolute atomic E-state index is 0.0903. The van der Waals surface area contributed by atoms with Crippen LogP contribution in [0.2, 0.25) is 0 Å². The van der Waals surface area contributed by atoms with Gasteiger partial charge in [-0.05, 0) is 6.07 Å². The molecule has 0 saturated carbocycles. The monoisotopic (exact) mass is 195 g/mol. The van der Waals surface area contributed by atoms with Crippen LogP contribution in [-0.4, -0.2) is 11.3 Å². The summed E-state index contributed by atoms with van der Waals surface area (Å²) in [5.74, 6) is 0.442. The number of benzene rings is 1. The number of carbonyl (C=O) groups is 1. The molecule has 0 aliphatic rings. The van der Waals surface area contributed by atoms with E-state index in [0.29, 0.717) is 23.3 Å². The molecule has 0 atom stereocenters. The second-order valence-corrected chi connectivity index (χ2v) is 2.84. The first-order chi connectivity index (χ1) is 6.35. The number of rotatable bonds is 2. The van der Waals surface area contributed by atoms with Crippen LogP contribution in [-0.2, 0) is 5.88 Å². The quantitative estimate of drug-likeness (QED) is 0.546. The molecule has 0 N–H and O–H groups in total. The van der Waals surface area contributed by atoms with E-state index in [1.165, 1.54) is 0 Å². The van der Waals surface area contributed by atoms with Gasteiger partial charge in [-0.15, -0.1) is 11.6 Å². The Morgan fingerprint density at radius 2 is 2.38 bits per heavy atom. The molecular formula is C9H6ClNO2. The fourth-order valence-corrected chi connectivity index (χ4v) is 1.39. The lowest BCUT2D eigenvalue weighted by Gasteiger charge is -1.92. The second-order valence-electron chi connectivity index (χ2n) is 2.57. The number of oxazole rings is 1. The molecule has 13 heavy (non-hydrogen) atoms. The number of hydrogen-bond acceptors (Lipinski definition) is 3. The zero-order valence-electron chi connectivity index (χ0n) is 6.66. The number of hydrogen-bond donors (Lipinski definition) is 0. The SMILES string of the molecule is O=Cc1nc2cccc(CCl)c2o1. The number of para-hydroxylation sites is 1. The van der Waals surface area contributed by atoms with Crippen LogP contribution in [0.3, 0.4) is 0 Å². The van der Waals surface area contributed by atoms with E-state index in [2.05, 4.69) is 4.98 Å². The molecule has 0 amide bonds. The number of alkyl halides is 1. The Bertz CT molecular complexity index is 450. The largest absolute Gasteiger partial charge is 0.434 e. The molecule has 1 aromatic heterocycles. The van der Waals surface area contributed by atoms with Gasteiger partial charge in [-0.25, -0.2) is 4.98 Å². The van der Waals surface area contributed by atoms with Crippen molar-refractivity contribution in [1.29, 1.82) is 0 Å². The van der Waals surface area contributed by atoms with E-state index >= 15 is 0 Å². The van der Waals surface area contributed by atoms with Gasteiger partial charge < -0.3 is 4.42 Å². The molecule has 0 saturated heterocycles. The summed E-state index contributed by atoms with van der Waals surface area (Å²) in [6, 6.07) is 5.45. The predicted molar refractivity (Wildman–Crippen MR) is 49.0 cm³/mol. The summed E-state index contributed by atoms with van der Waals surface area (Å²) < 4.78 is 5.18. The molecule has 4 heteroatoms. The fourth-order valence-electron chi connectivity index (χ4n) is 1.18. The van der Waals surface area contributed by atoms with E-state index in [1.807, 2.05) is 12.1 Å². The van der Waals surface area contributed by atoms with E-state index in [0.717, 1.165) is 5.56 Å². The van der Waals surface area contributed by atoms with Gasteiger partial charge in [0.25, 0.3) is 5.89 Å². The Labute approximate surface area is 79.3 Å².